The molecule has 1 atom stereocenters. The van der Waals surface area contributed by atoms with Crippen molar-refractivity contribution in [2.45, 2.75) is 57.5 Å². The molecule has 0 spiro atoms. The van der Waals surface area contributed by atoms with E-state index in [9.17, 15) is 9.90 Å². The minimum Gasteiger partial charge on any atom is -0.490 e. The van der Waals surface area contributed by atoms with Crippen LogP contribution < -0.4 is 10.1 Å². The number of aliphatic hydroxyl groups is 1. The molecule has 0 aromatic heterocycles. The molecule has 6 rings (SSSR count). The molecule has 0 heterocycles. The van der Waals surface area contributed by atoms with E-state index in [1.165, 1.54) is 37.7 Å². The predicted octanol–water partition coefficient (Wildman–Crippen LogP) is 5.90. The molecule has 4 aliphatic rings. The van der Waals surface area contributed by atoms with Gasteiger partial charge in [-0.25, -0.2) is 0 Å². The van der Waals surface area contributed by atoms with Crippen LogP contribution in [0.3, 0.4) is 0 Å². The van der Waals surface area contributed by atoms with Gasteiger partial charge in [0.15, 0.2) is 0 Å². The maximum atomic E-state index is 12.8. The average molecular weight is 482 g/mol. The molecule has 4 fully saturated rings. The van der Waals surface area contributed by atoms with E-state index in [1.807, 2.05) is 30.3 Å². The summed E-state index contributed by atoms with van der Waals surface area (Å²) in [5.74, 6) is 4.76. The number of amides is 1. The van der Waals surface area contributed by atoms with Crippen molar-refractivity contribution in [1.29, 1.82) is 0 Å². The zero-order chi connectivity index (χ0) is 23.5. The fourth-order valence-corrected chi connectivity index (χ4v) is 7.20. The van der Waals surface area contributed by atoms with Crippen molar-refractivity contribution in [3.63, 3.8) is 0 Å². The zero-order valence-corrected chi connectivity index (χ0v) is 20.6. The van der Waals surface area contributed by atoms with Gasteiger partial charge in [0.1, 0.15) is 12.4 Å². The van der Waals surface area contributed by atoms with Gasteiger partial charge in [-0.15, -0.1) is 0 Å². The van der Waals surface area contributed by atoms with E-state index in [1.54, 1.807) is 18.2 Å². The van der Waals surface area contributed by atoms with Crippen molar-refractivity contribution in [3.05, 3.63) is 64.7 Å². The quantitative estimate of drug-likeness (QED) is 0.443. The first-order valence-corrected chi connectivity index (χ1v) is 13.4. The molecule has 4 saturated carbocycles. The topological polar surface area (TPSA) is 58.6 Å². The molecule has 1 unspecified atom stereocenters. The number of hydrogen-bond donors (Lipinski definition) is 2. The molecule has 4 nitrogen and oxygen atoms in total. The van der Waals surface area contributed by atoms with Gasteiger partial charge in [0, 0.05) is 11.6 Å². The van der Waals surface area contributed by atoms with Gasteiger partial charge < -0.3 is 15.2 Å². The van der Waals surface area contributed by atoms with Crippen LogP contribution in [0.15, 0.2) is 48.5 Å². The molecule has 2 aromatic carbocycles. The Bertz CT molecular complexity index is 951. The summed E-state index contributed by atoms with van der Waals surface area (Å²) in [5.41, 5.74) is 1.58. The normalized spacial score (nSPS) is 28.0. The lowest BCUT2D eigenvalue weighted by atomic mass is 9.51. The number of benzene rings is 2. The van der Waals surface area contributed by atoms with Gasteiger partial charge in [0.25, 0.3) is 5.91 Å². The first-order valence-electron chi connectivity index (χ1n) is 13.0. The Labute approximate surface area is 208 Å². The van der Waals surface area contributed by atoms with Crippen LogP contribution in [-0.4, -0.2) is 30.3 Å². The van der Waals surface area contributed by atoms with Gasteiger partial charge in [-0.1, -0.05) is 41.9 Å². The van der Waals surface area contributed by atoms with Crippen molar-refractivity contribution >= 4 is 17.5 Å². The molecule has 34 heavy (non-hydrogen) atoms. The number of carbonyl (C=O) groups is 1. The third-order valence-corrected chi connectivity index (χ3v) is 8.65. The lowest BCUT2D eigenvalue weighted by molar-refractivity contribution is -0.0453. The minimum absolute atomic E-state index is 0.194. The molecule has 2 aromatic rings. The second-order valence-electron chi connectivity index (χ2n) is 10.8. The maximum Gasteiger partial charge on any atom is 0.255 e. The largest absolute Gasteiger partial charge is 0.490 e. The molecule has 4 bridgehead atoms. The van der Waals surface area contributed by atoms with Crippen LogP contribution in [-0.2, 0) is 6.42 Å². The monoisotopic (exact) mass is 481 g/mol. The Hall–Kier alpha value is -2.04. The van der Waals surface area contributed by atoms with Gasteiger partial charge in [-0.3, -0.25) is 4.79 Å². The molecular weight excluding hydrogens is 446 g/mol. The number of carbonyl (C=O) groups excluding carboxylic acids is 1. The summed E-state index contributed by atoms with van der Waals surface area (Å²) in [6, 6.07) is 15.1. The van der Waals surface area contributed by atoms with Crippen LogP contribution in [0.4, 0.5) is 0 Å². The van der Waals surface area contributed by atoms with Crippen molar-refractivity contribution in [3.8, 4) is 5.75 Å². The van der Waals surface area contributed by atoms with Crippen LogP contribution in [0.5, 0.6) is 5.75 Å². The Morgan fingerprint density at radius 2 is 1.74 bits per heavy atom. The molecule has 0 radical (unpaired) electrons. The number of aliphatic hydroxyl groups excluding tert-OH is 1. The van der Waals surface area contributed by atoms with E-state index in [0.717, 1.165) is 48.9 Å². The smallest absolute Gasteiger partial charge is 0.255 e. The maximum absolute atomic E-state index is 12.8. The van der Waals surface area contributed by atoms with Crippen LogP contribution in [0, 0.1) is 29.6 Å². The summed E-state index contributed by atoms with van der Waals surface area (Å²) in [6.07, 6.45) is 9.21. The second kappa shape index (κ2) is 10.7. The first kappa shape index (κ1) is 23.7. The van der Waals surface area contributed by atoms with Gasteiger partial charge in [-0.05, 0) is 105 Å². The summed E-state index contributed by atoms with van der Waals surface area (Å²) >= 11 is 6.16. The van der Waals surface area contributed by atoms with Crippen molar-refractivity contribution in [2.24, 2.45) is 29.6 Å². The highest BCUT2D eigenvalue weighted by Crippen LogP contribution is 2.57. The molecule has 2 N–H and O–H groups in total. The van der Waals surface area contributed by atoms with Gasteiger partial charge >= 0.3 is 0 Å². The standard InChI is InChI=1S/C29H36ClNO3/c30-24-6-9-28(27(17-24)29(33)31-11-10-19-4-2-1-3-5-19)34-18-25(32)7-8-26-22-13-20-12-21(15-22)16-23(26)14-20/h1-6,9,17,20-23,25-26,32H,7-8,10-16,18H2,(H,31,33). The average Bonchev–Trinajstić information content (AvgIpc) is 2.83. The van der Waals surface area contributed by atoms with Crippen LogP contribution >= 0.6 is 11.6 Å². The molecule has 182 valence electrons. The summed E-state index contributed by atoms with van der Waals surface area (Å²) < 4.78 is 5.93. The van der Waals surface area contributed by atoms with E-state index >= 15 is 0 Å². The van der Waals surface area contributed by atoms with Gasteiger partial charge in [0.05, 0.1) is 11.7 Å². The fraction of sp³-hybridized carbons (Fsp3) is 0.552. The lowest BCUT2D eigenvalue weighted by Gasteiger charge is -2.54. The summed E-state index contributed by atoms with van der Waals surface area (Å²) in [5, 5.41) is 14.1. The summed E-state index contributed by atoms with van der Waals surface area (Å²) in [6.45, 7) is 0.724. The summed E-state index contributed by atoms with van der Waals surface area (Å²) in [4.78, 5) is 12.8. The Balaban J connectivity index is 1.11. The van der Waals surface area contributed by atoms with Crippen LogP contribution in [0.2, 0.25) is 5.02 Å². The van der Waals surface area contributed by atoms with Gasteiger partial charge in [0.2, 0.25) is 0 Å². The van der Waals surface area contributed by atoms with E-state index in [2.05, 4.69) is 5.32 Å². The minimum atomic E-state index is -0.526. The van der Waals surface area contributed by atoms with E-state index in [0.29, 0.717) is 22.9 Å². The zero-order valence-electron chi connectivity index (χ0n) is 19.8. The SMILES string of the molecule is O=C(NCCc1ccccc1)c1cc(Cl)ccc1OCC(O)CCC1C2CC3CC(C2)CC1C3. The number of rotatable bonds is 10. The van der Waals surface area contributed by atoms with Gasteiger partial charge in [-0.2, -0.15) is 0 Å². The second-order valence-corrected chi connectivity index (χ2v) is 11.2. The van der Waals surface area contributed by atoms with Crippen molar-refractivity contribution in [1.82, 2.24) is 5.32 Å². The predicted molar refractivity (Wildman–Crippen MR) is 135 cm³/mol. The third kappa shape index (κ3) is 5.60. The molecular formula is C29H36ClNO3. The Morgan fingerprint density at radius 3 is 2.44 bits per heavy atom. The fourth-order valence-electron chi connectivity index (χ4n) is 7.03. The highest BCUT2D eigenvalue weighted by atomic mass is 35.5. The number of halogens is 1. The Morgan fingerprint density at radius 1 is 1.03 bits per heavy atom. The Kier molecular flexibility index (Phi) is 7.46. The number of hydrogen-bond acceptors (Lipinski definition) is 3. The molecule has 0 aliphatic heterocycles. The van der Waals surface area contributed by atoms with Crippen molar-refractivity contribution in [2.75, 3.05) is 13.2 Å². The third-order valence-electron chi connectivity index (χ3n) is 8.41. The highest BCUT2D eigenvalue weighted by Gasteiger charge is 2.47. The van der Waals surface area contributed by atoms with Crippen LogP contribution in [0.1, 0.15) is 60.9 Å². The number of nitrogens with one attached hydrogen (secondary N) is 1. The van der Waals surface area contributed by atoms with Crippen LogP contribution in [0.25, 0.3) is 0 Å². The highest BCUT2D eigenvalue weighted by molar-refractivity contribution is 6.31. The number of ether oxygens (including phenoxy) is 1. The van der Waals surface area contributed by atoms with E-state index in [4.69, 9.17) is 16.3 Å². The molecule has 1 amide bonds. The molecule has 0 saturated heterocycles. The molecule has 4 aliphatic carbocycles. The van der Waals surface area contributed by atoms with Crippen molar-refractivity contribution < 1.29 is 14.6 Å². The van der Waals surface area contributed by atoms with E-state index in [-0.39, 0.29) is 12.5 Å². The lowest BCUT2D eigenvalue weighted by Crippen LogP contribution is -2.45. The molecule has 5 heteroatoms. The summed E-state index contributed by atoms with van der Waals surface area (Å²) in [7, 11) is 0. The van der Waals surface area contributed by atoms with E-state index < -0.39 is 6.10 Å². The first-order chi connectivity index (χ1) is 16.5.